The topological polar surface area (TPSA) is 78.1 Å². The van der Waals surface area contributed by atoms with Gasteiger partial charge in [-0.05, 0) is 37.1 Å². The smallest absolute Gasteiger partial charge is 0.342 e. The standard InChI is InChI=1S/C18H17Cl2F3N4O2/c19-11-1-2-13(20)12(7-11)17(29)27-5-3-10(4-6-27)14-8-15(26-25-14)16(28)24-9-18(21,22)23/h1-2,7-8,10H,3-6,9H2,(H,24,28)(H,25,26). The van der Waals surface area contributed by atoms with Crippen LogP contribution >= 0.6 is 23.2 Å². The van der Waals surface area contributed by atoms with E-state index in [0.29, 0.717) is 47.2 Å². The molecule has 0 atom stereocenters. The fourth-order valence-corrected chi connectivity index (χ4v) is 3.53. The summed E-state index contributed by atoms with van der Waals surface area (Å²) in [5, 5.41) is 9.03. The van der Waals surface area contributed by atoms with E-state index in [-0.39, 0.29) is 17.5 Å². The number of halogens is 5. The zero-order chi connectivity index (χ0) is 21.2. The molecule has 1 aromatic carbocycles. The molecule has 1 aliphatic heterocycles. The Morgan fingerprint density at radius 1 is 1.21 bits per heavy atom. The number of hydrogen-bond acceptors (Lipinski definition) is 3. The molecule has 6 nitrogen and oxygen atoms in total. The summed E-state index contributed by atoms with van der Waals surface area (Å²) < 4.78 is 36.6. The number of benzene rings is 1. The number of piperidine rings is 1. The van der Waals surface area contributed by atoms with Gasteiger partial charge < -0.3 is 10.2 Å². The van der Waals surface area contributed by atoms with Gasteiger partial charge >= 0.3 is 6.18 Å². The minimum Gasteiger partial charge on any atom is -0.342 e. The highest BCUT2D eigenvalue weighted by molar-refractivity contribution is 6.35. The van der Waals surface area contributed by atoms with Crippen molar-refractivity contribution in [3.63, 3.8) is 0 Å². The van der Waals surface area contributed by atoms with Crippen LogP contribution in [0, 0.1) is 0 Å². The Morgan fingerprint density at radius 3 is 2.55 bits per heavy atom. The van der Waals surface area contributed by atoms with Gasteiger partial charge in [-0.15, -0.1) is 0 Å². The number of hydrogen-bond donors (Lipinski definition) is 2. The quantitative estimate of drug-likeness (QED) is 0.740. The predicted molar refractivity (Wildman–Crippen MR) is 101 cm³/mol. The molecule has 1 aromatic heterocycles. The molecule has 0 unspecified atom stereocenters. The average molecular weight is 449 g/mol. The first-order valence-electron chi connectivity index (χ1n) is 8.78. The molecule has 0 bridgehead atoms. The highest BCUT2D eigenvalue weighted by Gasteiger charge is 2.30. The van der Waals surface area contributed by atoms with Crippen molar-refractivity contribution in [1.29, 1.82) is 0 Å². The van der Waals surface area contributed by atoms with Crippen molar-refractivity contribution in [2.24, 2.45) is 0 Å². The molecule has 11 heteroatoms. The van der Waals surface area contributed by atoms with Gasteiger partial charge in [0.2, 0.25) is 0 Å². The molecule has 1 fully saturated rings. The molecule has 2 amide bonds. The van der Waals surface area contributed by atoms with Crippen LogP contribution in [0.1, 0.15) is 45.3 Å². The molecular weight excluding hydrogens is 432 g/mol. The monoisotopic (exact) mass is 448 g/mol. The van der Waals surface area contributed by atoms with Gasteiger partial charge in [0.15, 0.2) is 0 Å². The van der Waals surface area contributed by atoms with E-state index in [4.69, 9.17) is 23.2 Å². The average Bonchev–Trinajstić information content (AvgIpc) is 3.17. The van der Waals surface area contributed by atoms with Crippen molar-refractivity contribution in [3.05, 3.63) is 51.3 Å². The summed E-state index contributed by atoms with van der Waals surface area (Å²) in [6.07, 6.45) is -3.27. The van der Waals surface area contributed by atoms with Gasteiger partial charge in [-0.2, -0.15) is 18.3 Å². The number of aromatic amines is 1. The fraction of sp³-hybridized carbons (Fsp3) is 0.389. The van der Waals surface area contributed by atoms with Gasteiger partial charge in [-0.1, -0.05) is 23.2 Å². The van der Waals surface area contributed by atoms with E-state index in [1.165, 1.54) is 12.1 Å². The largest absolute Gasteiger partial charge is 0.405 e. The fourth-order valence-electron chi connectivity index (χ4n) is 3.16. The summed E-state index contributed by atoms with van der Waals surface area (Å²) in [6.45, 7) is -0.497. The lowest BCUT2D eigenvalue weighted by Gasteiger charge is -2.31. The number of aromatic nitrogens is 2. The number of alkyl halides is 3. The summed E-state index contributed by atoms with van der Waals surface area (Å²) in [6, 6.07) is 6.15. The Hall–Kier alpha value is -2.26. The number of H-pyrrole nitrogens is 1. The number of amides is 2. The van der Waals surface area contributed by atoms with Crippen LogP contribution in [0.15, 0.2) is 24.3 Å². The maximum Gasteiger partial charge on any atom is 0.405 e. The number of carbonyl (C=O) groups is 2. The summed E-state index contributed by atoms with van der Waals surface area (Å²) >= 11 is 12.0. The second kappa shape index (κ2) is 8.62. The van der Waals surface area contributed by atoms with Crippen LogP contribution in [-0.4, -0.2) is 52.7 Å². The zero-order valence-corrected chi connectivity index (χ0v) is 16.5. The first kappa shape index (κ1) is 21.4. The summed E-state index contributed by atoms with van der Waals surface area (Å²) in [4.78, 5) is 26.1. The molecule has 0 saturated carbocycles. The third kappa shape index (κ3) is 5.42. The van der Waals surface area contributed by atoms with Gasteiger partial charge in [0.25, 0.3) is 11.8 Å². The lowest BCUT2D eigenvalue weighted by atomic mass is 9.93. The van der Waals surface area contributed by atoms with E-state index >= 15 is 0 Å². The van der Waals surface area contributed by atoms with E-state index in [1.807, 2.05) is 0 Å². The van der Waals surface area contributed by atoms with Gasteiger partial charge in [-0.25, -0.2) is 0 Å². The van der Waals surface area contributed by atoms with Crippen molar-refractivity contribution in [1.82, 2.24) is 20.4 Å². The van der Waals surface area contributed by atoms with Gasteiger partial charge in [-0.3, -0.25) is 14.7 Å². The Balaban J connectivity index is 1.58. The Labute approximate surface area is 174 Å². The number of carbonyl (C=O) groups excluding carboxylic acids is 2. The molecule has 1 saturated heterocycles. The zero-order valence-electron chi connectivity index (χ0n) is 15.0. The molecule has 2 aromatic rings. The maximum absolute atomic E-state index is 12.7. The lowest BCUT2D eigenvalue weighted by Crippen LogP contribution is -2.38. The molecule has 1 aliphatic rings. The molecule has 0 radical (unpaired) electrons. The van der Waals surface area contributed by atoms with Gasteiger partial charge in [0.05, 0.1) is 10.6 Å². The molecule has 2 heterocycles. The minimum absolute atomic E-state index is 0.00514. The highest BCUT2D eigenvalue weighted by Crippen LogP contribution is 2.29. The Morgan fingerprint density at radius 2 is 1.90 bits per heavy atom. The van der Waals surface area contributed by atoms with E-state index in [1.54, 1.807) is 22.3 Å². The van der Waals surface area contributed by atoms with Gasteiger partial charge in [0, 0.05) is 29.7 Å². The molecule has 156 valence electrons. The molecule has 0 spiro atoms. The third-order valence-corrected chi connectivity index (χ3v) is 5.23. The van der Waals surface area contributed by atoms with Crippen molar-refractivity contribution in [2.75, 3.05) is 19.6 Å². The lowest BCUT2D eigenvalue weighted by molar-refractivity contribution is -0.123. The predicted octanol–water partition coefficient (Wildman–Crippen LogP) is 4.03. The Bertz CT molecular complexity index is 909. The molecule has 29 heavy (non-hydrogen) atoms. The summed E-state index contributed by atoms with van der Waals surface area (Å²) in [5.41, 5.74) is 0.881. The van der Waals surface area contributed by atoms with E-state index < -0.39 is 18.6 Å². The molecule has 0 aliphatic carbocycles. The molecule has 2 N–H and O–H groups in total. The van der Waals surface area contributed by atoms with Crippen LogP contribution in [0.3, 0.4) is 0 Å². The van der Waals surface area contributed by atoms with Crippen LogP contribution in [-0.2, 0) is 0 Å². The number of rotatable bonds is 4. The van der Waals surface area contributed by atoms with Crippen molar-refractivity contribution in [2.45, 2.75) is 24.9 Å². The normalized spacial score (nSPS) is 15.4. The van der Waals surface area contributed by atoms with Crippen LogP contribution in [0.4, 0.5) is 13.2 Å². The van der Waals surface area contributed by atoms with Gasteiger partial charge in [0.1, 0.15) is 12.2 Å². The van der Waals surface area contributed by atoms with E-state index in [0.717, 1.165) is 0 Å². The van der Waals surface area contributed by atoms with E-state index in [9.17, 15) is 22.8 Å². The summed E-state index contributed by atoms with van der Waals surface area (Å²) in [7, 11) is 0. The number of likely N-dealkylation sites (tertiary alicyclic amines) is 1. The molecular formula is C18H17Cl2F3N4O2. The Kier molecular flexibility index (Phi) is 6.38. The second-order valence-corrected chi connectivity index (χ2v) is 7.54. The van der Waals surface area contributed by atoms with Crippen molar-refractivity contribution < 1.29 is 22.8 Å². The first-order chi connectivity index (χ1) is 13.6. The van der Waals surface area contributed by atoms with Crippen LogP contribution in [0.5, 0.6) is 0 Å². The second-order valence-electron chi connectivity index (χ2n) is 6.70. The summed E-state index contributed by atoms with van der Waals surface area (Å²) in [5.74, 6) is -1.11. The van der Waals surface area contributed by atoms with Crippen LogP contribution < -0.4 is 5.32 Å². The third-order valence-electron chi connectivity index (χ3n) is 4.66. The van der Waals surface area contributed by atoms with Crippen molar-refractivity contribution in [3.8, 4) is 0 Å². The minimum atomic E-state index is -4.49. The SMILES string of the molecule is O=C(NCC(F)(F)F)c1cc(C2CCN(C(=O)c3cc(Cl)ccc3Cl)CC2)[nH]n1. The number of nitrogens with zero attached hydrogens (tertiary/aromatic N) is 2. The first-order valence-corrected chi connectivity index (χ1v) is 9.54. The van der Waals surface area contributed by atoms with Crippen LogP contribution in [0.2, 0.25) is 10.0 Å². The van der Waals surface area contributed by atoms with Crippen molar-refractivity contribution >= 4 is 35.0 Å². The maximum atomic E-state index is 12.7. The van der Waals surface area contributed by atoms with Crippen LogP contribution in [0.25, 0.3) is 0 Å². The van der Waals surface area contributed by atoms with E-state index in [2.05, 4.69) is 10.2 Å². The highest BCUT2D eigenvalue weighted by atomic mass is 35.5. The number of nitrogens with one attached hydrogen (secondary N) is 2. The molecule has 3 rings (SSSR count).